The Hall–Kier alpha value is -2.66. The first kappa shape index (κ1) is 17.7. The Balaban J connectivity index is 1.47. The largest absolute Gasteiger partial charge is 0.457 e. The molecule has 2 aliphatic heterocycles. The van der Waals surface area contributed by atoms with E-state index < -0.39 is 0 Å². The molecule has 2 fully saturated rings. The zero-order valence-electron chi connectivity index (χ0n) is 15.3. The van der Waals surface area contributed by atoms with Crippen LogP contribution in [0.1, 0.15) is 32.1 Å². The molecule has 2 aliphatic rings. The maximum Gasteiger partial charge on any atom is 0.251 e. The van der Waals surface area contributed by atoms with Crippen molar-refractivity contribution >= 4 is 17.5 Å². The molecule has 2 heterocycles. The fourth-order valence-corrected chi connectivity index (χ4v) is 3.87. The van der Waals surface area contributed by atoms with Gasteiger partial charge in [0.15, 0.2) is 0 Å². The maximum atomic E-state index is 12.9. The van der Waals surface area contributed by atoms with E-state index in [-0.39, 0.29) is 24.3 Å². The number of para-hydroxylation sites is 1. The fourth-order valence-electron chi connectivity index (χ4n) is 3.87. The summed E-state index contributed by atoms with van der Waals surface area (Å²) in [5.41, 5.74) is 0.614. The van der Waals surface area contributed by atoms with Gasteiger partial charge in [-0.25, -0.2) is 4.90 Å². The van der Waals surface area contributed by atoms with Crippen molar-refractivity contribution < 1.29 is 14.3 Å². The molecule has 0 spiro atoms. The number of likely N-dealkylation sites (tertiary alicyclic amines) is 1. The third-order valence-corrected chi connectivity index (χ3v) is 5.28. The Morgan fingerprint density at radius 1 is 0.778 bits per heavy atom. The van der Waals surface area contributed by atoms with Crippen LogP contribution >= 0.6 is 0 Å². The predicted octanol–water partition coefficient (Wildman–Crippen LogP) is 3.99. The molecule has 5 nitrogen and oxygen atoms in total. The molecular weight excluding hydrogens is 340 g/mol. The number of ether oxygens (including phenoxy) is 1. The molecule has 2 amide bonds. The Labute approximate surface area is 159 Å². The topological polar surface area (TPSA) is 49.9 Å². The van der Waals surface area contributed by atoms with Gasteiger partial charge in [0.05, 0.1) is 18.2 Å². The SMILES string of the molecule is O=C1C[C@H](N2CCCCCC2)C(=O)N1c1ccc(Oc2ccccc2)cc1. The highest BCUT2D eigenvalue weighted by molar-refractivity contribution is 6.22. The first-order valence-corrected chi connectivity index (χ1v) is 9.66. The van der Waals surface area contributed by atoms with Gasteiger partial charge in [-0.2, -0.15) is 0 Å². The summed E-state index contributed by atoms with van der Waals surface area (Å²) in [6.07, 6.45) is 4.89. The number of anilines is 1. The quantitative estimate of drug-likeness (QED) is 0.770. The normalized spacial score (nSPS) is 21.3. The summed E-state index contributed by atoms with van der Waals surface area (Å²) < 4.78 is 5.78. The summed E-state index contributed by atoms with van der Waals surface area (Å²) in [7, 11) is 0. The second-order valence-corrected chi connectivity index (χ2v) is 7.15. The van der Waals surface area contributed by atoms with E-state index in [1.165, 1.54) is 17.7 Å². The number of carbonyl (C=O) groups excluding carboxylic acids is 2. The van der Waals surface area contributed by atoms with E-state index in [4.69, 9.17) is 4.74 Å². The van der Waals surface area contributed by atoms with E-state index in [2.05, 4.69) is 4.90 Å². The highest BCUT2D eigenvalue weighted by Crippen LogP contribution is 2.29. The van der Waals surface area contributed by atoms with Crippen molar-refractivity contribution in [1.82, 2.24) is 4.90 Å². The number of hydrogen-bond acceptors (Lipinski definition) is 4. The van der Waals surface area contributed by atoms with Gasteiger partial charge in [0.2, 0.25) is 5.91 Å². The lowest BCUT2D eigenvalue weighted by molar-refractivity contribution is -0.122. The zero-order valence-corrected chi connectivity index (χ0v) is 15.3. The van der Waals surface area contributed by atoms with Crippen molar-refractivity contribution in [3.63, 3.8) is 0 Å². The monoisotopic (exact) mass is 364 g/mol. The predicted molar refractivity (Wildman–Crippen MR) is 104 cm³/mol. The van der Waals surface area contributed by atoms with Crippen molar-refractivity contribution in [3.8, 4) is 11.5 Å². The van der Waals surface area contributed by atoms with Crippen LogP contribution in [0.4, 0.5) is 5.69 Å². The second kappa shape index (κ2) is 7.92. The summed E-state index contributed by atoms with van der Waals surface area (Å²) in [5, 5.41) is 0. The Bertz CT molecular complexity index is 796. The lowest BCUT2D eigenvalue weighted by atomic mass is 10.2. The molecule has 0 radical (unpaired) electrons. The molecule has 1 atom stereocenters. The summed E-state index contributed by atoms with van der Waals surface area (Å²) in [6, 6.07) is 16.3. The van der Waals surface area contributed by atoms with Gasteiger partial charge in [-0.15, -0.1) is 0 Å². The molecule has 0 aromatic heterocycles. The second-order valence-electron chi connectivity index (χ2n) is 7.15. The van der Waals surface area contributed by atoms with E-state index >= 15 is 0 Å². The molecule has 2 aromatic rings. The van der Waals surface area contributed by atoms with Crippen LogP contribution in [-0.2, 0) is 9.59 Å². The van der Waals surface area contributed by atoms with Gasteiger partial charge in [-0.3, -0.25) is 14.5 Å². The highest BCUT2D eigenvalue weighted by atomic mass is 16.5. The third-order valence-electron chi connectivity index (χ3n) is 5.28. The fraction of sp³-hybridized carbons (Fsp3) is 0.364. The Morgan fingerprint density at radius 2 is 1.41 bits per heavy atom. The minimum atomic E-state index is -0.309. The van der Waals surface area contributed by atoms with Crippen LogP contribution in [0, 0.1) is 0 Å². The van der Waals surface area contributed by atoms with Gasteiger partial charge >= 0.3 is 0 Å². The van der Waals surface area contributed by atoms with Crippen LogP contribution < -0.4 is 9.64 Å². The maximum absolute atomic E-state index is 12.9. The Morgan fingerprint density at radius 3 is 2.07 bits per heavy atom. The molecule has 0 aliphatic carbocycles. The third kappa shape index (κ3) is 3.88. The minimum Gasteiger partial charge on any atom is -0.457 e. The van der Waals surface area contributed by atoms with E-state index in [1.54, 1.807) is 24.3 Å². The number of carbonyl (C=O) groups is 2. The number of nitrogens with zero attached hydrogens (tertiary/aromatic N) is 2. The number of hydrogen-bond donors (Lipinski definition) is 0. The standard InChI is InChI=1S/C22H24N2O3/c25-21-16-20(23-14-6-1-2-7-15-23)22(26)24(21)17-10-12-19(13-11-17)27-18-8-4-3-5-9-18/h3-5,8-13,20H,1-2,6-7,14-16H2/t20-/m0/s1. The van der Waals surface area contributed by atoms with Gasteiger partial charge in [0, 0.05) is 0 Å². The number of imide groups is 1. The van der Waals surface area contributed by atoms with Crippen molar-refractivity contribution in [2.45, 2.75) is 38.1 Å². The molecule has 2 aromatic carbocycles. The first-order valence-electron chi connectivity index (χ1n) is 9.66. The molecule has 0 unspecified atom stereocenters. The molecule has 2 saturated heterocycles. The molecule has 27 heavy (non-hydrogen) atoms. The van der Waals surface area contributed by atoms with Crippen LogP contribution in [0.5, 0.6) is 11.5 Å². The Kier molecular flexibility index (Phi) is 5.21. The average Bonchev–Trinajstić information content (AvgIpc) is 2.87. The van der Waals surface area contributed by atoms with E-state index in [9.17, 15) is 9.59 Å². The number of amides is 2. The van der Waals surface area contributed by atoms with E-state index in [0.29, 0.717) is 11.4 Å². The van der Waals surface area contributed by atoms with Gasteiger partial charge in [-0.1, -0.05) is 31.0 Å². The lowest BCUT2D eigenvalue weighted by Crippen LogP contribution is -2.42. The van der Waals surface area contributed by atoms with Crippen molar-refractivity contribution in [3.05, 3.63) is 54.6 Å². The van der Waals surface area contributed by atoms with E-state index in [1.807, 2.05) is 30.3 Å². The molecular formula is C22H24N2O3. The minimum absolute atomic E-state index is 0.0985. The highest BCUT2D eigenvalue weighted by Gasteiger charge is 2.42. The van der Waals surface area contributed by atoms with Crippen LogP contribution in [0.15, 0.2) is 54.6 Å². The molecule has 0 bridgehead atoms. The first-order chi connectivity index (χ1) is 13.2. The lowest BCUT2D eigenvalue weighted by Gasteiger charge is -2.25. The summed E-state index contributed by atoms with van der Waals surface area (Å²) in [5.74, 6) is 1.21. The molecule has 4 rings (SSSR count). The summed E-state index contributed by atoms with van der Waals surface area (Å²) in [6.45, 7) is 1.81. The molecule has 0 N–H and O–H groups in total. The van der Waals surface area contributed by atoms with E-state index in [0.717, 1.165) is 31.7 Å². The number of benzene rings is 2. The van der Waals surface area contributed by atoms with Crippen LogP contribution in [0.25, 0.3) is 0 Å². The summed E-state index contributed by atoms with van der Waals surface area (Å²) >= 11 is 0. The van der Waals surface area contributed by atoms with Gasteiger partial charge in [0.1, 0.15) is 11.5 Å². The van der Waals surface area contributed by atoms with Gasteiger partial charge < -0.3 is 4.74 Å². The molecule has 5 heteroatoms. The molecule has 0 saturated carbocycles. The van der Waals surface area contributed by atoms with Crippen molar-refractivity contribution in [1.29, 1.82) is 0 Å². The number of rotatable bonds is 4. The van der Waals surface area contributed by atoms with Crippen LogP contribution in [0.2, 0.25) is 0 Å². The van der Waals surface area contributed by atoms with Crippen molar-refractivity contribution in [2.24, 2.45) is 0 Å². The van der Waals surface area contributed by atoms with Crippen molar-refractivity contribution in [2.75, 3.05) is 18.0 Å². The van der Waals surface area contributed by atoms with Crippen LogP contribution in [-0.4, -0.2) is 35.8 Å². The van der Waals surface area contributed by atoms with Gasteiger partial charge in [0.25, 0.3) is 5.91 Å². The zero-order chi connectivity index (χ0) is 18.6. The average molecular weight is 364 g/mol. The molecule has 140 valence electrons. The summed E-state index contributed by atoms with van der Waals surface area (Å²) in [4.78, 5) is 29.0. The van der Waals surface area contributed by atoms with Crippen LogP contribution in [0.3, 0.4) is 0 Å². The van der Waals surface area contributed by atoms with Gasteiger partial charge in [-0.05, 0) is 62.3 Å². The smallest absolute Gasteiger partial charge is 0.251 e.